The van der Waals surface area contributed by atoms with Gasteiger partial charge in [-0.1, -0.05) is 33.6 Å². The maximum atomic E-state index is 14.1. The van der Waals surface area contributed by atoms with Gasteiger partial charge in [-0.15, -0.1) is 0 Å². The third kappa shape index (κ3) is 3.14. The second-order valence-electron chi connectivity index (χ2n) is 6.27. The van der Waals surface area contributed by atoms with Gasteiger partial charge in [-0.2, -0.15) is 0 Å². The summed E-state index contributed by atoms with van der Waals surface area (Å²) in [7, 11) is 0. The van der Waals surface area contributed by atoms with E-state index in [1.54, 1.807) is 6.20 Å². The Kier molecular flexibility index (Phi) is 4.56. The Bertz CT molecular complexity index is 417. The first-order chi connectivity index (χ1) is 9.06. The molecule has 0 bridgehead atoms. The van der Waals surface area contributed by atoms with E-state index in [4.69, 9.17) is 0 Å². The molecule has 1 aromatic heterocycles. The molecule has 1 saturated carbocycles. The highest BCUT2D eigenvalue weighted by Gasteiger charge is 2.38. The molecule has 0 spiro atoms. The molecule has 0 aliphatic heterocycles. The van der Waals surface area contributed by atoms with Crippen molar-refractivity contribution in [1.82, 2.24) is 10.3 Å². The van der Waals surface area contributed by atoms with Crippen LogP contribution in [0.2, 0.25) is 0 Å². The lowest BCUT2D eigenvalue weighted by Crippen LogP contribution is -2.39. The standard InChI is InChI=1S/C16H25FN2/c1-4-19-15(12-8-10-18-11-14(12)17)13-7-5-6-9-16(13,2)3/h8,10-11,13,15,19H,4-7,9H2,1-3H3. The average Bonchev–Trinajstić information content (AvgIpc) is 2.37. The largest absolute Gasteiger partial charge is 0.310 e. The van der Waals surface area contributed by atoms with E-state index in [1.807, 2.05) is 6.07 Å². The Hall–Kier alpha value is -0.960. The number of halogens is 1. The average molecular weight is 264 g/mol. The molecular weight excluding hydrogens is 239 g/mol. The van der Waals surface area contributed by atoms with Crippen molar-refractivity contribution in [3.8, 4) is 0 Å². The number of hydrogen-bond acceptors (Lipinski definition) is 2. The number of nitrogens with zero attached hydrogens (tertiary/aromatic N) is 1. The molecule has 1 aliphatic rings. The van der Waals surface area contributed by atoms with Crippen molar-refractivity contribution in [1.29, 1.82) is 0 Å². The van der Waals surface area contributed by atoms with E-state index in [9.17, 15) is 4.39 Å². The fourth-order valence-electron chi connectivity index (χ4n) is 3.47. The van der Waals surface area contributed by atoms with E-state index in [-0.39, 0.29) is 17.3 Å². The number of aromatic nitrogens is 1. The summed E-state index contributed by atoms with van der Waals surface area (Å²) >= 11 is 0. The fourth-order valence-corrected chi connectivity index (χ4v) is 3.47. The molecule has 1 N–H and O–H groups in total. The van der Waals surface area contributed by atoms with Gasteiger partial charge in [0.2, 0.25) is 0 Å². The zero-order valence-corrected chi connectivity index (χ0v) is 12.2. The summed E-state index contributed by atoms with van der Waals surface area (Å²) in [6.45, 7) is 7.58. The molecule has 0 saturated heterocycles. The molecule has 1 fully saturated rings. The first-order valence-corrected chi connectivity index (χ1v) is 7.39. The van der Waals surface area contributed by atoms with Crippen molar-refractivity contribution in [2.75, 3.05) is 6.54 Å². The van der Waals surface area contributed by atoms with Crippen molar-refractivity contribution >= 4 is 0 Å². The van der Waals surface area contributed by atoms with Crippen LogP contribution in [-0.2, 0) is 0 Å². The number of hydrogen-bond donors (Lipinski definition) is 1. The van der Waals surface area contributed by atoms with Crippen LogP contribution in [0.5, 0.6) is 0 Å². The van der Waals surface area contributed by atoms with Crippen molar-refractivity contribution in [3.05, 3.63) is 29.8 Å². The van der Waals surface area contributed by atoms with Crippen LogP contribution in [0.1, 0.15) is 58.1 Å². The molecule has 0 aromatic carbocycles. The summed E-state index contributed by atoms with van der Waals surface area (Å²) in [5.74, 6) is 0.299. The summed E-state index contributed by atoms with van der Waals surface area (Å²) in [5, 5.41) is 3.50. The third-order valence-electron chi connectivity index (χ3n) is 4.56. The second kappa shape index (κ2) is 6.00. The first-order valence-electron chi connectivity index (χ1n) is 7.39. The minimum atomic E-state index is -0.185. The quantitative estimate of drug-likeness (QED) is 0.886. The molecule has 2 rings (SSSR count). The van der Waals surface area contributed by atoms with Gasteiger partial charge >= 0.3 is 0 Å². The molecule has 1 aromatic rings. The van der Waals surface area contributed by atoms with Gasteiger partial charge in [0.25, 0.3) is 0 Å². The Morgan fingerprint density at radius 3 is 2.89 bits per heavy atom. The Morgan fingerprint density at radius 2 is 2.26 bits per heavy atom. The Morgan fingerprint density at radius 1 is 1.47 bits per heavy atom. The number of nitrogens with one attached hydrogen (secondary N) is 1. The van der Waals surface area contributed by atoms with Crippen LogP contribution in [0.3, 0.4) is 0 Å². The van der Waals surface area contributed by atoms with Gasteiger partial charge in [0, 0.05) is 17.8 Å². The van der Waals surface area contributed by atoms with Crippen molar-refractivity contribution in [3.63, 3.8) is 0 Å². The summed E-state index contributed by atoms with van der Waals surface area (Å²) in [4.78, 5) is 3.87. The lowest BCUT2D eigenvalue weighted by atomic mass is 9.65. The molecule has 2 unspecified atom stereocenters. The van der Waals surface area contributed by atoms with E-state index < -0.39 is 0 Å². The van der Waals surface area contributed by atoms with Crippen molar-refractivity contribution in [2.45, 2.75) is 52.5 Å². The molecule has 2 atom stereocenters. The molecule has 19 heavy (non-hydrogen) atoms. The fraction of sp³-hybridized carbons (Fsp3) is 0.688. The normalized spacial score (nSPS) is 24.1. The molecular formula is C16H25FN2. The van der Waals surface area contributed by atoms with Crippen LogP contribution in [0.25, 0.3) is 0 Å². The topological polar surface area (TPSA) is 24.9 Å². The summed E-state index contributed by atoms with van der Waals surface area (Å²) < 4.78 is 14.1. The van der Waals surface area contributed by atoms with Gasteiger partial charge in [-0.3, -0.25) is 4.98 Å². The zero-order valence-electron chi connectivity index (χ0n) is 12.2. The SMILES string of the molecule is CCNC(c1ccncc1F)C1CCCCC1(C)C. The van der Waals surface area contributed by atoms with Gasteiger partial charge in [-0.05, 0) is 36.8 Å². The van der Waals surface area contributed by atoms with Gasteiger partial charge < -0.3 is 5.32 Å². The molecule has 0 amide bonds. The van der Waals surface area contributed by atoms with E-state index in [2.05, 4.69) is 31.1 Å². The van der Waals surface area contributed by atoms with Gasteiger partial charge in [0.1, 0.15) is 5.82 Å². The monoisotopic (exact) mass is 264 g/mol. The van der Waals surface area contributed by atoms with Crippen LogP contribution < -0.4 is 5.32 Å². The molecule has 0 radical (unpaired) electrons. The number of pyridine rings is 1. The van der Waals surface area contributed by atoms with Crippen molar-refractivity contribution < 1.29 is 4.39 Å². The number of rotatable bonds is 4. The summed E-state index contributed by atoms with van der Waals surface area (Å²) in [6.07, 6.45) is 7.97. The second-order valence-corrected chi connectivity index (χ2v) is 6.27. The zero-order chi connectivity index (χ0) is 13.9. The minimum Gasteiger partial charge on any atom is -0.310 e. The van der Waals surface area contributed by atoms with Crippen LogP contribution in [0.4, 0.5) is 4.39 Å². The maximum absolute atomic E-state index is 14.1. The van der Waals surface area contributed by atoms with E-state index in [1.165, 1.54) is 31.9 Å². The van der Waals surface area contributed by atoms with Gasteiger partial charge in [0.15, 0.2) is 0 Å². The van der Waals surface area contributed by atoms with Crippen LogP contribution in [0.15, 0.2) is 18.5 Å². The molecule has 106 valence electrons. The minimum absolute atomic E-state index is 0.100. The molecule has 1 heterocycles. The predicted molar refractivity (Wildman–Crippen MR) is 76.4 cm³/mol. The van der Waals surface area contributed by atoms with Crippen LogP contribution >= 0.6 is 0 Å². The van der Waals surface area contributed by atoms with E-state index >= 15 is 0 Å². The summed E-state index contributed by atoms with van der Waals surface area (Å²) in [5.41, 5.74) is 1.04. The van der Waals surface area contributed by atoms with E-state index in [0.717, 1.165) is 12.1 Å². The maximum Gasteiger partial charge on any atom is 0.146 e. The third-order valence-corrected chi connectivity index (χ3v) is 4.56. The van der Waals surface area contributed by atoms with Gasteiger partial charge in [-0.25, -0.2) is 4.39 Å². The molecule has 2 nitrogen and oxygen atoms in total. The Labute approximate surface area is 115 Å². The van der Waals surface area contributed by atoms with Crippen LogP contribution in [0, 0.1) is 17.2 Å². The lowest BCUT2D eigenvalue weighted by molar-refractivity contribution is 0.0974. The smallest absolute Gasteiger partial charge is 0.146 e. The van der Waals surface area contributed by atoms with Crippen LogP contribution in [-0.4, -0.2) is 11.5 Å². The van der Waals surface area contributed by atoms with E-state index in [0.29, 0.717) is 5.92 Å². The highest BCUT2D eigenvalue weighted by Crippen LogP contribution is 2.47. The molecule has 1 aliphatic carbocycles. The summed E-state index contributed by atoms with van der Waals surface area (Å²) in [6, 6.07) is 1.93. The highest BCUT2D eigenvalue weighted by molar-refractivity contribution is 5.19. The van der Waals surface area contributed by atoms with Gasteiger partial charge in [0.05, 0.1) is 6.20 Å². The highest BCUT2D eigenvalue weighted by atomic mass is 19.1. The predicted octanol–water partition coefficient (Wildman–Crippen LogP) is 4.09. The Balaban J connectivity index is 2.32. The van der Waals surface area contributed by atoms with Crippen molar-refractivity contribution in [2.24, 2.45) is 11.3 Å². The lowest BCUT2D eigenvalue weighted by Gasteiger charge is -2.43. The molecule has 3 heteroatoms. The first kappa shape index (κ1) is 14.4.